The van der Waals surface area contributed by atoms with E-state index in [1.165, 1.54) is 13.0 Å². The summed E-state index contributed by atoms with van der Waals surface area (Å²) in [5.74, 6) is -1.56. The molecule has 0 saturated carbocycles. The fourth-order valence-corrected chi connectivity index (χ4v) is 1.67. The second kappa shape index (κ2) is 5.64. The molecule has 1 aromatic carbocycles. The molecule has 1 rings (SSSR count). The summed E-state index contributed by atoms with van der Waals surface area (Å²) in [6.45, 7) is 1.27. The van der Waals surface area contributed by atoms with Crippen LogP contribution in [-0.2, 0) is 9.59 Å². The Morgan fingerprint density at radius 1 is 1.44 bits per heavy atom. The molecule has 0 unspecified atom stereocenters. The van der Waals surface area contributed by atoms with Crippen molar-refractivity contribution in [1.82, 2.24) is 5.32 Å². The predicted octanol–water partition coefficient (Wildman–Crippen LogP) is 1.85. The van der Waals surface area contributed by atoms with Crippen LogP contribution in [0.5, 0.6) is 0 Å². The lowest BCUT2D eigenvalue weighted by atomic mass is 10.2. The highest BCUT2D eigenvalue weighted by molar-refractivity contribution is 14.1. The molecule has 0 atom stereocenters. The summed E-state index contributed by atoms with van der Waals surface area (Å²) in [6.07, 6.45) is 1.42. The zero-order chi connectivity index (χ0) is 12.1. The third kappa shape index (κ3) is 4.01. The van der Waals surface area contributed by atoms with Crippen LogP contribution < -0.4 is 5.32 Å². The van der Waals surface area contributed by atoms with Crippen molar-refractivity contribution in [3.8, 4) is 0 Å². The standard InChI is InChI=1S/C11H10INO3/c1-7(14)13-10(11(15)16)6-8-3-2-4-9(12)5-8/h2-6H,1H3,(H,13,14)(H,15,16)/b10-6+. The van der Waals surface area contributed by atoms with E-state index in [1.807, 2.05) is 18.2 Å². The molecule has 0 aliphatic heterocycles. The van der Waals surface area contributed by atoms with Gasteiger partial charge in [0.1, 0.15) is 5.70 Å². The molecule has 0 bridgehead atoms. The molecule has 16 heavy (non-hydrogen) atoms. The van der Waals surface area contributed by atoms with E-state index in [4.69, 9.17) is 5.11 Å². The average Bonchev–Trinajstić information content (AvgIpc) is 2.15. The first-order valence-electron chi connectivity index (χ1n) is 4.47. The summed E-state index contributed by atoms with van der Waals surface area (Å²) in [5.41, 5.74) is 0.604. The summed E-state index contributed by atoms with van der Waals surface area (Å²) in [7, 11) is 0. The van der Waals surface area contributed by atoms with Crippen LogP contribution in [0.15, 0.2) is 30.0 Å². The predicted molar refractivity (Wildman–Crippen MR) is 68.6 cm³/mol. The monoisotopic (exact) mass is 331 g/mol. The lowest BCUT2D eigenvalue weighted by Gasteiger charge is -2.03. The largest absolute Gasteiger partial charge is 0.477 e. The number of halogens is 1. The number of hydrogen-bond acceptors (Lipinski definition) is 2. The summed E-state index contributed by atoms with van der Waals surface area (Å²) < 4.78 is 0.999. The van der Waals surface area contributed by atoms with Gasteiger partial charge in [0, 0.05) is 10.5 Å². The van der Waals surface area contributed by atoms with Crippen molar-refractivity contribution in [3.63, 3.8) is 0 Å². The molecule has 0 aliphatic carbocycles. The van der Waals surface area contributed by atoms with E-state index >= 15 is 0 Å². The fourth-order valence-electron chi connectivity index (χ4n) is 1.10. The molecule has 84 valence electrons. The van der Waals surface area contributed by atoms with Crippen molar-refractivity contribution >= 4 is 40.5 Å². The summed E-state index contributed by atoms with van der Waals surface area (Å²) in [6, 6.07) is 7.32. The van der Waals surface area contributed by atoms with Gasteiger partial charge in [-0.2, -0.15) is 0 Å². The smallest absolute Gasteiger partial charge is 0.352 e. The van der Waals surface area contributed by atoms with Crippen LogP contribution in [0.25, 0.3) is 6.08 Å². The van der Waals surface area contributed by atoms with Crippen LogP contribution in [0, 0.1) is 3.57 Å². The number of carbonyl (C=O) groups excluding carboxylic acids is 1. The fraction of sp³-hybridized carbons (Fsp3) is 0.0909. The maximum atomic E-state index is 10.8. The zero-order valence-electron chi connectivity index (χ0n) is 8.53. The minimum Gasteiger partial charge on any atom is -0.477 e. The SMILES string of the molecule is CC(=O)N/C(=C/c1cccc(I)c1)C(=O)O. The van der Waals surface area contributed by atoms with Gasteiger partial charge in [-0.25, -0.2) is 4.79 Å². The Bertz CT molecular complexity index is 454. The molecular weight excluding hydrogens is 321 g/mol. The topological polar surface area (TPSA) is 66.4 Å². The van der Waals surface area contributed by atoms with E-state index < -0.39 is 11.9 Å². The van der Waals surface area contributed by atoms with Gasteiger partial charge in [-0.3, -0.25) is 4.79 Å². The van der Waals surface area contributed by atoms with Crippen LogP contribution in [0.2, 0.25) is 0 Å². The minimum atomic E-state index is -1.16. The van der Waals surface area contributed by atoms with E-state index in [1.54, 1.807) is 6.07 Å². The molecule has 4 nitrogen and oxygen atoms in total. The van der Waals surface area contributed by atoms with Gasteiger partial charge in [-0.15, -0.1) is 0 Å². The summed E-state index contributed by atoms with van der Waals surface area (Å²) in [5, 5.41) is 11.1. The van der Waals surface area contributed by atoms with Gasteiger partial charge >= 0.3 is 5.97 Å². The molecule has 0 heterocycles. The molecule has 0 radical (unpaired) electrons. The Kier molecular flexibility index (Phi) is 4.48. The Morgan fingerprint density at radius 2 is 2.12 bits per heavy atom. The van der Waals surface area contributed by atoms with E-state index in [-0.39, 0.29) is 5.70 Å². The van der Waals surface area contributed by atoms with Gasteiger partial charge in [0.15, 0.2) is 0 Å². The van der Waals surface area contributed by atoms with E-state index in [9.17, 15) is 9.59 Å². The zero-order valence-corrected chi connectivity index (χ0v) is 10.7. The molecular formula is C11H10INO3. The van der Waals surface area contributed by atoms with Crippen LogP contribution in [-0.4, -0.2) is 17.0 Å². The Hall–Kier alpha value is -1.37. The van der Waals surface area contributed by atoms with E-state index in [2.05, 4.69) is 27.9 Å². The molecule has 0 fully saturated rings. The number of nitrogens with one attached hydrogen (secondary N) is 1. The Balaban J connectivity index is 3.02. The summed E-state index contributed by atoms with van der Waals surface area (Å²) >= 11 is 2.13. The Labute approximate surface area is 106 Å². The quantitative estimate of drug-likeness (QED) is 0.656. The molecule has 0 spiro atoms. The third-order valence-corrected chi connectivity index (χ3v) is 2.37. The minimum absolute atomic E-state index is 0.130. The van der Waals surface area contributed by atoms with Crippen molar-refractivity contribution in [3.05, 3.63) is 39.1 Å². The molecule has 1 aromatic rings. The summed E-state index contributed by atoms with van der Waals surface area (Å²) in [4.78, 5) is 21.6. The highest BCUT2D eigenvalue weighted by Crippen LogP contribution is 2.10. The lowest BCUT2D eigenvalue weighted by molar-refractivity contribution is -0.134. The van der Waals surface area contributed by atoms with Gasteiger partial charge in [0.25, 0.3) is 0 Å². The van der Waals surface area contributed by atoms with Gasteiger partial charge in [-0.05, 0) is 46.4 Å². The molecule has 0 aliphatic rings. The maximum Gasteiger partial charge on any atom is 0.352 e. The number of carbonyl (C=O) groups is 2. The highest BCUT2D eigenvalue weighted by atomic mass is 127. The van der Waals surface area contributed by atoms with Gasteiger partial charge < -0.3 is 10.4 Å². The number of hydrogen-bond donors (Lipinski definition) is 2. The molecule has 0 aromatic heterocycles. The first-order valence-corrected chi connectivity index (χ1v) is 5.55. The van der Waals surface area contributed by atoms with Gasteiger partial charge in [0.2, 0.25) is 5.91 Å². The van der Waals surface area contributed by atoms with E-state index in [0.29, 0.717) is 0 Å². The highest BCUT2D eigenvalue weighted by Gasteiger charge is 2.08. The molecule has 0 saturated heterocycles. The van der Waals surface area contributed by atoms with Crippen LogP contribution in [0.1, 0.15) is 12.5 Å². The van der Waals surface area contributed by atoms with Crippen LogP contribution in [0.4, 0.5) is 0 Å². The molecule has 1 amide bonds. The first-order chi connectivity index (χ1) is 7.49. The second-order valence-corrected chi connectivity index (χ2v) is 4.34. The van der Waals surface area contributed by atoms with Gasteiger partial charge in [-0.1, -0.05) is 12.1 Å². The number of carboxylic acids is 1. The van der Waals surface area contributed by atoms with Crippen molar-refractivity contribution in [2.45, 2.75) is 6.92 Å². The Morgan fingerprint density at radius 3 is 2.62 bits per heavy atom. The van der Waals surface area contributed by atoms with Crippen molar-refractivity contribution in [1.29, 1.82) is 0 Å². The number of rotatable bonds is 3. The van der Waals surface area contributed by atoms with Gasteiger partial charge in [0.05, 0.1) is 0 Å². The van der Waals surface area contributed by atoms with Crippen molar-refractivity contribution < 1.29 is 14.7 Å². The first kappa shape index (κ1) is 12.7. The number of amides is 1. The number of benzene rings is 1. The van der Waals surface area contributed by atoms with Crippen molar-refractivity contribution in [2.75, 3.05) is 0 Å². The lowest BCUT2D eigenvalue weighted by Crippen LogP contribution is -2.24. The third-order valence-electron chi connectivity index (χ3n) is 1.70. The normalized spacial score (nSPS) is 11.0. The maximum absolute atomic E-state index is 10.8. The van der Waals surface area contributed by atoms with Crippen LogP contribution >= 0.6 is 22.6 Å². The van der Waals surface area contributed by atoms with Crippen LogP contribution in [0.3, 0.4) is 0 Å². The number of aliphatic carboxylic acids is 1. The molecule has 5 heteroatoms. The average molecular weight is 331 g/mol. The van der Waals surface area contributed by atoms with E-state index in [0.717, 1.165) is 9.13 Å². The molecule has 2 N–H and O–H groups in total. The number of carboxylic acid groups (broad SMARTS) is 1. The van der Waals surface area contributed by atoms with Crippen molar-refractivity contribution in [2.24, 2.45) is 0 Å². The second-order valence-electron chi connectivity index (χ2n) is 3.10.